The van der Waals surface area contributed by atoms with E-state index < -0.39 is 37.3 Å². The smallest absolute Gasteiger partial charge is 0.274 e. The number of aromatic amines is 1. The normalized spacial score (nSPS) is 25.2. The van der Waals surface area contributed by atoms with E-state index in [0.29, 0.717) is 29.0 Å². The van der Waals surface area contributed by atoms with Crippen molar-refractivity contribution in [1.82, 2.24) is 9.88 Å². The summed E-state index contributed by atoms with van der Waals surface area (Å²) in [5.74, 6) is -0.395. The Morgan fingerprint density at radius 2 is 1.83 bits per heavy atom. The number of carbonyl (C=O) groups excluding carboxylic acids is 2. The van der Waals surface area contributed by atoms with Gasteiger partial charge in [-0.2, -0.15) is 0 Å². The van der Waals surface area contributed by atoms with E-state index >= 15 is 0 Å². The van der Waals surface area contributed by atoms with Crippen molar-refractivity contribution in [3.05, 3.63) is 65.9 Å². The Hall–Kier alpha value is -3.75. The summed E-state index contributed by atoms with van der Waals surface area (Å²) < 4.78 is 11.8. The van der Waals surface area contributed by atoms with E-state index in [9.17, 15) is 30.0 Å². The molecule has 3 heterocycles. The van der Waals surface area contributed by atoms with Gasteiger partial charge in [-0.3, -0.25) is 9.59 Å². The van der Waals surface area contributed by atoms with Gasteiger partial charge in [0.25, 0.3) is 5.91 Å². The number of amides is 2. The van der Waals surface area contributed by atoms with Crippen LogP contribution in [0.2, 0.25) is 0 Å². The quantitative estimate of drug-likeness (QED) is 0.157. The van der Waals surface area contributed by atoms with Gasteiger partial charge in [0.05, 0.1) is 18.8 Å². The molecule has 2 aliphatic heterocycles. The van der Waals surface area contributed by atoms with Gasteiger partial charge in [-0.1, -0.05) is 24.3 Å². The number of ether oxygens (including phenoxy) is 2. The standard InChI is InChI=1S/C33H37ClN4O8/c1-16(34)21-13-38(32(44)23-11-17-10-18(8-9-22(17)36-23)35-27(40)14-37(2)3)24-12-25(19-6-4-5-7-20(19)28(21)24)45-33-31(43)30(42)29(41)26(15-39)46-33/h4-12,16,21,26,29-31,33,36,39,41-43H,13-15H2,1-3H3,(H,35,40)/t16-,21+,26-,29+,30+,31-,33-/m1/s1. The van der Waals surface area contributed by atoms with Gasteiger partial charge in [0.15, 0.2) is 0 Å². The van der Waals surface area contributed by atoms with Crippen LogP contribution in [0.15, 0.2) is 54.6 Å². The van der Waals surface area contributed by atoms with Crippen molar-refractivity contribution in [2.24, 2.45) is 0 Å². The summed E-state index contributed by atoms with van der Waals surface area (Å²) in [6, 6.07) is 16.2. The molecule has 6 rings (SSSR count). The second-order valence-electron chi connectivity index (χ2n) is 12.1. The Labute approximate surface area is 270 Å². The number of fused-ring (bicyclic) bond motifs is 4. The van der Waals surface area contributed by atoms with E-state index in [0.717, 1.165) is 21.9 Å². The van der Waals surface area contributed by atoms with Crippen LogP contribution >= 0.6 is 11.6 Å². The topological polar surface area (TPSA) is 168 Å². The number of aromatic nitrogens is 1. The lowest BCUT2D eigenvalue weighted by atomic mass is 9.92. The van der Waals surface area contributed by atoms with Gasteiger partial charge in [0.1, 0.15) is 35.9 Å². The molecular formula is C33H37ClN4O8. The summed E-state index contributed by atoms with van der Waals surface area (Å²) in [6.45, 7) is 1.82. The number of halogens is 1. The first-order chi connectivity index (χ1) is 22.0. The fraction of sp³-hybridized carbons (Fsp3) is 0.394. The molecule has 12 nitrogen and oxygen atoms in total. The van der Waals surface area contributed by atoms with Crippen molar-refractivity contribution in [2.75, 3.05) is 44.0 Å². The molecule has 244 valence electrons. The van der Waals surface area contributed by atoms with Crippen molar-refractivity contribution in [3.8, 4) is 5.75 Å². The van der Waals surface area contributed by atoms with Crippen LogP contribution < -0.4 is 15.0 Å². The number of rotatable bonds is 8. The molecule has 0 bridgehead atoms. The molecule has 0 saturated carbocycles. The zero-order valence-electron chi connectivity index (χ0n) is 25.6. The van der Waals surface area contributed by atoms with Crippen LogP contribution in [0, 0.1) is 0 Å². The highest BCUT2D eigenvalue weighted by Crippen LogP contribution is 2.48. The van der Waals surface area contributed by atoms with Crippen LogP contribution in [0.5, 0.6) is 5.75 Å². The van der Waals surface area contributed by atoms with E-state index in [-0.39, 0.29) is 35.4 Å². The van der Waals surface area contributed by atoms with Crippen molar-refractivity contribution in [2.45, 2.75) is 48.9 Å². The van der Waals surface area contributed by atoms with E-state index in [4.69, 9.17) is 21.1 Å². The molecule has 1 fully saturated rings. The highest BCUT2D eigenvalue weighted by Gasteiger charge is 2.45. The predicted molar refractivity (Wildman–Crippen MR) is 174 cm³/mol. The summed E-state index contributed by atoms with van der Waals surface area (Å²) >= 11 is 6.72. The third-order valence-corrected chi connectivity index (χ3v) is 8.86. The van der Waals surface area contributed by atoms with Crippen molar-refractivity contribution in [3.63, 3.8) is 0 Å². The van der Waals surface area contributed by atoms with Crippen molar-refractivity contribution >= 4 is 56.5 Å². The molecule has 7 atom stereocenters. The van der Waals surface area contributed by atoms with Crippen LogP contribution in [-0.2, 0) is 9.53 Å². The van der Waals surface area contributed by atoms with Gasteiger partial charge in [-0.15, -0.1) is 11.6 Å². The molecule has 2 amide bonds. The molecule has 1 aromatic heterocycles. The Bertz CT molecular complexity index is 1780. The number of H-pyrrole nitrogens is 1. The van der Waals surface area contributed by atoms with Crippen LogP contribution in [0.25, 0.3) is 21.7 Å². The molecule has 2 aliphatic rings. The van der Waals surface area contributed by atoms with E-state index in [2.05, 4.69) is 10.3 Å². The van der Waals surface area contributed by atoms with Crippen LogP contribution in [0.3, 0.4) is 0 Å². The maximum absolute atomic E-state index is 14.2. The first-order valence-electron chi connectivity index (χ1n) is 15.0. The summed E-state index contributed by atoms with van der Waals surface area (Å²) in [5.41, 5.74) is 3.11. The lowest BCUT2D eigenvalue weighted by Crippen LogP contribution is -2.60. The molecule has 1 saturated heterocycles. The molecule has 3 aromatic carbocycles. The number of nitrogens with one attached hydrogen (secondary N) is 2. The zero-order chi connectivity index (χ0) is 32.9. The average Bonchev–Trinajstić information content (AvgIpc) is 3.62. The molecule has 0 radical (unpaired) electrons. The molecule has 46 heavy (non-hydrogen) atoms. The maximum atomic E-state index is 14.2. The van der Waals surface area contributed by atoms with Crippen LogP contribution in [0.1, 0.15) is 28.9 Å². The number of likely N-dealkylation sites (N-methyl/N-ethyl adjacent to an activating group) is 1. The van der Waals surface area contributed by atoms with Gasteiger partial charge >= 0.3 is 0 Å². The molecule has 0 spiro atoms. The van der Waals surface area contributed by atoms with Crippen LogP contribution in [0.4, 0.5) is 11.4 Å². The van der Waals surface area contributed by atoms with Gasteiger partial charge in [0, 0.05) is 45.9 Å². The summed E-state index contributed by atoms with van der Waals surface area (Å²) in [7, 11) is 3.62. The minimum atomic E-state index is -1.61. The summed E-state index contributed by atoms with van der Waals surface area (Å²) in [4.78, 5) is 33.0. The third kappa shape index (κ3) is 5.93. The minimum absolute atomic E-state index is 0.153. The van der Waals surface area contributed by atoms with Gasteiger partial charge in [-0.05, 0) is 56.2 Å². The minimum Gasteiger partial charge on any atom is -0.461 e. The number of alkyl halides is 1. The molecule has 6 N–H and O–H groups in total. The molecule has 13 heteroatoms. The zero-order valence-corrected chi connectivity index (χ0v) is 26.3. The van der Waals surface area contributed by atoms with Gasteiger partial charge in [-0.25, -0.2) is 0 Å². The molecule has 0 aliphatic carbocycles. The highest BCUT2D eigenvalue weighted by atomic mass is 35.5. The first kappa shape index (κ1) is 32.2. The number of anilines is 2. The second kappa shape index (κ2) is 12.8. The number of benzene rings is 3. The van der Waals surface area contributed by atoms with Gasteiger partial charge < -0.3 is 50.0 Å². The monoisotopic (exact) mass is 652 g/mol. The molecular weight excluding hydrogens is 616 g/mol. The number of aliphatic hydroxyl groups is 4. The first-order valence-corrected chi connectivity index (χ1v) is 15.5. The number of carbonyl (C=O) groups is 2. The van der Waals surface area contributed by atoms with Gasteiger partial charge in [0.2, 0.25) is 12.2 Å². The van der Waals surface area contributed by atoms with Crippen molar-refractivity contribution in [1.29, 1.82) is 0 Å². The van der Waals surface area contributed by atoms with E-state index in [1.165, 1.54) is 0 Å². The average molecular weight is 653 g/mol. The lowest BCUT2D eigenvalue weighted by molar-refractivity contribution is -0.277. The van der Waals surface area contributed by atoms with E-state index in [1.54, 1.807) is 40.1 Å². The number of nitrogens with zero attached hydrogens (tertiary/aromatic N) is 2. The second-order valence-corrected chi connectivity index (χ2v) is 12.8. The maximum Gasteiger partial charge on any atom is 0.274 e. The summed E-state index contributed by atoms with van der Waals surface area (Å²) in [5, 5.41) is 45.7. The van der Waals surface area contributed by atoms with Crippen molar-refractivity contribution < 1.29 is 39.5 Å². The number of hydrogen-bond acceptors (Lipinski definition) is 9. The fourth-order valence-corrected chi connectivity index (χ4v) is 6.47. The lowest BCUT2D eigenvalue weighted by Gasteiger charge is -2.39. The van der Waals surface area contributed by atoms with Crippen LogP contribution in [-0.4, -0.2) is 112 Å². The highest BCUT2D eigenvalue weighted by molar-refractivity contribution is 6.22. The predicted octanol–water partition coefficient (Wildman–Crippen LogP) is 2.37. The summed E-state index contributed by atoms with van der Waals surface area (Å²) in [6.07, 6.45) is -7.31. The van der Waals surface area contributed by atoms with E-state index in [1.807, 2.05) is 45.3 Å². The fourth-order valence-electron chi connectivity index (χ4n) is 6.26. The Balaban J connectivity index is 1.37. The third-order valence-electron chi connectivity index (χ3n) is 8.55. The molecule has 4 aromatic rings. The largest absolute Gasteiger partial charge is 0.461 e. The Morgan fingerprint density at radius 3 is 2.52 bits per heavy atom. The Morgan fingerprint density at radius 1 is 1.09 bits per heavy atom. The number of aliphatic hydroxyl groups excluding tert-OH is 4. The number of hydrogen-bond donors (Lipinski definition) is 6. The Kier molecular flexibility index (Phi) is 8.96. The molecule has 0 unspecified atom stereocenters. The SMILES string of the molecule is C[C@@H](Cl)[C@@H]1CN(C(=O)c2cc3cc(NC(=O)CN(C)C)ccc3[nH]2)c2cc(O[C@@H]3O[C@H](CO)[C@H](O)[C@H](O)[C@H]3O)c3ccccc3c21.